The molecule has 0 aromatic carbocycles. The van der Waals surface area contributed by atoms with Gasteiger partial charge in [-0.05, 0) is 26.8 Å². The van der Waals surface area contributed by atoms with Gasteiger partial charge in [-0.15, -0.1) is 0 Å². The second-order valence-corrected chi connectivity index (χ2v) is 1.72. The highest BCUT2D eigenvalue weighted by molar-refractivity contribution is 5.55. The molecule has 0 atom stereocenters. The Hall–Kier alpha value is -0.850. The van der Waals surface area contributed by atoms with Crippen molar-refractivity contribution in [1.82, 2.24) is 0 Å². The van der Waals surface area contributed by atoms with Crippen LogP contribution in [0.25, 0.3) is 0 Å². The Labute approximate surface area is 56.8 Å². The highest BCUT2D eigenvalue weighted by Gasteiger charge is 1.73. The third-order valence-corrected chi connectivity index (χ3v) is 0.863. The Kier molecular flexibility index (Phi) is 4.79. The van der Waals surface area contributed by atoms with Gasteiger partial charge in [-0.1, -0.05) is 12.2 Å². The maximum atomic E-state index is 4.05. The molecule has 0 saturated carbocycles. The third kappa shape index (κ3) is 5.01. The topological polar surface area (TPSA) is 12.4 Å². The highest BCUT2D eigenvalue weighted by Crippen LogP contribution is 1.92. The van der Waals surface area contributed by atoms with Crippen LogP contribution >= 0.6 is 0 Å². The van der Waals surface area contributed by atoms with E-state index in [-0.39, 0.29) is 0 Å². The summed E-state index contributed by atoms with van der Waals surface area (Å²) in [6.07, 6.45) is 7.71. The van der Waals surface area contributed by atoms with Gasteiger partial charge in [-0.2, -0.15) is 0 Å². The molecule has 0 radical (unpaired) electrons. The van der Waals surface area contributed by atoms with E-state index in [1.807, 2.05) is 39.0 Å². The molecule has 50 valence electrons. The summed E-state index contributed by atoms with van der Waals surface area (Å²) in [4.78, 5) is 4.05. The number of hydrogen-bond acceptors (Lipinski definition) is 1. The summed E-state index contributed by atoms with van der Waals surface area (Å²) in [7, 11) is 0. The van der Waals surface area contributed by atoms with Crippen molar-refractivity contribution in [2.24, 2.45) is 4.99 Å². The van der Waals surface area contributed by atoms with Crippen LogP contribution in [-0.4, -0.2) is 6.21 Å². The molecule has 0 spiro atoms. The van der Waals surface area contributed by atoms with Crippen molar-refractivity contribution < 1.29 is 0 Å². The van der Waals surface area contributed by atoms with E-state index in [9.17, 15) is 0 Å². The van der Waals surface area contributed by atoms with Crippen LogP contribution in [0.5, 0.6) is 0 Å². The number of allylic oxidation sites excluding steroid dienone is 4. The third-order valence-electron chi connectivity index (χ3n) is 0.863. The van der Waals surface area contributed by atoms with Gasteiger partial charge >= 0.3 is 0 Å². The fourth-order valence-corrected chi connectivity index (χ4v) is 0.482. The maximum Gasteiger partial charge on any atom is 0.0368 e. The summed E-state index contributed by atoms with van der Waals surface area (Å²) in [6, 6.07) is 0. The summed E-state index contributed by atoms with van der Waals surface area (Å²) in [6.45, 7) is 5.87. The fourth-order valence-electron chi connectivity index (χ4n) is 0.482. The molecule has 0 saturated heterocycles. The predicted molar refractivity (Wildman–Crippen MR) is 42.7 cm³/mol. The van der Waals surface area contributed by atoms with Gasteiger partial charge in [0.2, 0.25) is 0 Å². The number of nitrogens with zero attached hydrogens (tertiary/aromatic N) is 1. The average Bonchev–Trinajstić information content (AvgIpc) is 1.85. The first-order valence-electron chi connectivity index (χ1n) is 3.09. The fraction of sp³-hybridized carbons (Fsp3) is 0.375. The summed E-state index contributed by atoms with van der Waals surface area (Å²) < 4.78 is 0. The second kappa shape index (κ2) is 5.29. The first-order valence-corrected chi connectivity index (χ1v) is 3.09. The SMILES string of the molecule is CC=C/C=C(/C)N=CC. The lowest BCUT2D eigenvalue weighted by atomic mass is 10.4. The molecule has 0 aliphatic rings. The van der Waals surface area contributed by atoms with Gasteiger partial charge in [-0.3, -0.25) is 4.99 Å². The first kappa shape index (κ1) is 8.15. The number of aliphatic imine (C=N–C) groups is 1. The maximum absolute atomic E-state index is 4.05. The van der Waals surface area contributed by atoms with Crippen LogP contribution in [0.2, 0.25) is 0 Å². The molecule has 0 aliphatic heterocycles. The van der Waals surface area contributed by atoms with E-state index in [2.05, 4.69) is 4.99 Å². The normalized spacial score (nSPS) is 13.9. The molecule has 0 amide bonds. The van der Waals surface area contributed by atoms with Crippen molar-refractivity contribution in [2.75, 3.05) is 0 Å². The van der Waals surface area contributed by atoms with Gasteiger partial charge in [0.15, 0.2) is 0 Å². The summed E-state index contributed by atoms with van der Waals surface area (Å²) in [5.41, 5.74) is 1.04. The number of hydrogen-bond donors (Lipinski definition) is 0. The van der Waals surface area contributed by atoms with Gasteiger partial charge < -0.3 is 0 Å². The molecule has 1 nitrogen and oxygen atoms in total. The molecule has 0 bridgehead atoms. The van der Waals surface area contributed by atoms with Crippen LogP contribution in [0.4, 0.5) is 0 Å². The lowest BCUT2D eigenvalue weighted by Gasteiger charge is -1.83. The van der Waals surface area contributed by atoms with Crippen LogP contribution in [0.1, 0.15) is 20.8 Å². The molecule has 0 aliphatic carbocycles. The molecule has 9 heavy (non-hydrogen) atoms. The molecule has 0 heterocycles. The zero-order valence-corrected chi connectivity index (χ0v) is 6.26. The predicted octanol–water partition coefficient (Wildman–Crippen LogP) is 2.56. The van der Waals surface area contributed by atoms with Crippen molar-refractivity contribution in [1.29, 1.82) is 0 Å². The van der Waals surface area contributed by atoms with E-state index < -0.39 is 0 Å². The van der Waals surface area contributed by atoms with Crippen LogP contribution in [0.15, 0.2) is 28.9 Å². The van der Waals surface area contributed by atoms with E-state index >= 15 is 0 Å². The molecular formula is C8H13N. The summed E-state index contributed by atoms with van der Waals surface area (Å²) in [5.74, 6) is 0. The quantitative estimate of drug-likeness (QED) is 0.395. The second-order valence-electron chi connectivity index (χ2n) is 1.72. The van der Waals surface area contributed by atoms with Crippen LogP contribution in [-0.2, 0) is 0 Å². The van der Waals surface area contributed by atoms with Gasteiger partial charge in [0.1, 0.15) is 0 Å². The van der Waals surface area contributed by atoms with Gasteiger partial charge in [-0.25, -0.2) is 0 Å². The van der Waals surface area contributed by atoms with Crippen molar-refractivity contribution in [3.8, 4) is 0 Å². The minimum Gasteiger partial charge on any atom is -0.266 e. The van der Waals surface area contributed by atoms with E-state index in [1.54, 1.807) is 6.21 Å². The first-order chi connectivity index (χ1) is 4.31. The molecule has 1 heteroatoms. The monoisotopic (exact) mass is 123 g/mol. The van der Waals surface area contributed by atoms with E-state index in [4.69, 9.17) is 0 Å². The van der Waals surface area contributed by atoms with E-state index in [0.29, 0.717) is 0 Å². The lowest BCUT2D eigenvalue weighted by Crippen LogP contribution is -1.66. The summed E-state index contributed by atoms with van der Waals surface area (Å²) in [5, 5.41) is 0. The minimum absolute atomic E-state index is 1.04. The molecule has 0 unspecified atom stereocenters. The number of rotatable bonds is 2. The zero-order chi connectivity index (χ0) is 7.11. The molecule has 0 N–H and O–H groups in total. The van der Waals surface area contributed by atoms with Gasteiger partial charge in [0, 0.05) is 11.9 Å². The van der Waals surface area contributed by atoms with Crippen LogP contribution < -0.4 is 0 Å². The Balaban J connectivity index is 3.84. The Morgan fingerprint density at radius 3 is 2.44 bits per heavy atom. The molecular weight excluding hydrogens is 110 g/mol. The van der Waals surface area contributed by atoms with Crippen molar-refractivity contribution in [2.45, 2.75) is 20.8 Å². The van der Waals surface area contributed by atoms with Gasteiger partial charge in [0.25, 0.3) is 0 Å². The highest BCUT2D eigenvalue weighted by atomic mass is 14.7. The Bertz CT molecular complexity index is 141. The molecule has 0 rings (SSSR count). The minimum atomic E-state index is 1.04. The largest absolute Gasteiger partial charge is 0.266 e. The Morgan fingerprint density at radius 2 is 2.00 bits per heavy atom. The molecule has 0 aromatic heterocycles. The summed E-state index contributed by atoms with van der Waals surface area (Å²) >= 11 is 0. The standard InChI is InChI=1S/C8H13N/c1-4-6-7-8(3)9-5-2/h4-7H,1-3H3/b6-4?,8-7-,9-5?. The van der Waals surface area contributed by atoms with E-state index in [0.717, 1.165) is 5.70 Å². The van der Waals surface area contributed by atoms with Gasteiger partial charge in [0.05, 0.1) is 0 Å². The lowest BCUT2D eigenvalue weighted by molar-refractivity contribution is 1.31. The molecule has 0 fully saturated rings. The smallest absolute Gasteiger partial charge is 0.0368 e. The Morgan fingerprint density at radius 1 is 1.33 bits per heavy atom. The zero-order valence-electron chi connectivity index (χ0n) is 6.26. The van der Waals surface area contributed by atoms with Crippen LogP contribution in [0.3, 0.4) is 0 Å². The van der Waals surface area contributed by atoms with Crippen LogP contribution in [0, 0.1) is 0 Å². The van der Waals surface area contributed by atoms with Crippen molar-refractivity contribution >= 4 is 6.21 Å². The molecule has 0 aromatic rings. The average molecular weight is 123 g/mol. The van der Waals surface area contributed by atoms with E-state index in [1.165, 1.54) is 0 Å². The van der Waals surface area contributed by atoms with Crippen molar-refractivity contribution in [3.05, 3.63) is 23.9 Å². The van der Waals surface area contributed by atoms with Crippen molar-refractivity contribution in [3.63, 3.8) is 0 Å².